The highest BCUT2D eigenvalue weighted by Crippen LogP contribution is 2.05. The van der Waals surface area contributed by atoms with Crippen molar-refractivity contribution >= 4 is 5.96 Å². The molecule has 5 heteroatoms. The van der Waals surface area contributed by atoms with Gasteiger partial charge in [-0.25, -0.2) is 0 Å². The number of nitrogens with one attached hydrogen (secondary N) is 2. The van der Waals surface area contributed by atoms with E-state index < -0.39 is 0 Å². The van der Waals surface area contributed by atoms with E-state index in [-0.39, 0.29) is 0 Å². The lowest BCUT2D eigenvalue weighted by Crippen LogP contribution is -2.49. The third-order valence-electron chi connectivity index (χ3n) is 4.73. The lowest BCUT2D eigenvalue weighted by atomic mass is 10.1. The largest absolute Gasteiger partial charge is 0.355 e. The van der Waals surface area contributed by atoms with Gasteiger partial charge in [-0.15, -0.1) is 0 Å². The molecule has 1 fully saturated rings. The molecule has 23 heavy (non-hydrogen) atoms. The van der Waals surface area contributed by atoms with Gasteiger partial charge in [-0.1, -0.05) is 39.5 Å². The molecule has 0 amide bonds. The topological polar surface area (TPSA) is 42.9 Å². The molecule has 0 radical (unpaired) electrons. The first-order chi connectivity index (χ1) is 11.2. The van der Waals surface area contributed by atoms with Gasteiger partial charge in [0.05, 0.1) is 0 Å². The fraction of sp³-hybridized carbons (Fsp3) is 0.944. The normalized spacial score (nSPS) is 18.9. The Labute approximate surface area is 143 Å². The monoisotopic (exact) mass is 325 g/mol. The van der Waals surface area contributed by atoms with Gasteiger partial charge in [-0.2, -0.15) is 0 Å². The minimum atomic E-state index is 0.492. The summed E-state index contributed by atoms with van der Waals surface area (Å²) in [6.45, 7) is 14.8. The zero-order valence-electron chi connectivity index (χ0n) is 15.9. The molecule has 1 heterocycles. The van der Waals surface area contributed by atoms with Crippen molar-refractivity contribution < 1.29 is 0 Å². The maximum absolute atomic E-state index is 4.35. The predicted molar refractivity (Wildman–Crippen MR) is 101 cm³/mol. The van der Waals surface area contributed by atoms with Crippen LogP contribution in [0.2, 0.25) is 0 Å². The van der Waals surface area contributed by atoms with Gasteiger partial charge in [0, 0.05) is 52.4 Å². The maximum atomic E-state index is 4.35. The third-order valence-corrected chi connectivity index (χ3v) is 4.73. The first-order valence-corrected chi connectivity index (χ1v) is 9.61. The molecule has 1 aliphatic heterocycles. The van der Waals surface area contributed by atoms with Crippen molar-refractivity contribution in [3.8, 4) is 0 Å². The summed E-state index contributed by atoms with van der Waals surface area (Å²) in [5.74, 6) is 0.945. The fourth-order valence-corrected chi connectivity index (χ4v) is 3.04. The minimum absolute atomic E-state index is 0.492. The molecule has 2 N–H and O–H groups in total. The highest BCUT2D eigenvalue weighted by molar-refractivity contribution is 5.79. The third kappa shape index (κ3) is 9.16. The highest BCUT2D eigenvalue weighted by Gasteiger charge is 2.14. The number of likely N-dealkylation sites (N-methyl/N-ethyl adjacent to an activating group) is 1. The number of unbranched alkanes of at least 4 members (excludes halogenated alkanes) is 3. The molecular formula is C18H39N5. The summed E-state index contributed by atoms with van der Waals surface area (Å²) in [4.78, 5) is 9.41. The molecule has 0 bridgehead atoms. The molecule has 5 nitrogen and oxygen atoms in total. The molecule has 0 spiro atoms. The van der Waals surface area contributed by atoms with E-state index >= 15 is 0 Å². The van der Waals surface area contributed by atoms with Crippen LogP contribution in [0.25, 0.3) is 0 Å². The van der Waals surface area contributed by atoms with Gasteiger partial charge in [0.1, 0.15) is 0 Å². The van der Waals surface area contributed by atoms with Crippen LogP contribution in [0.1, 0.15) is 52.9 Å². The molecule has 1 rings (SSSR count). The van der Waals surface area contributed by atoms with Crippen molar-refractivity contribution in [2.75, 3.05) is 52.9 Å². The fourth-order valence-electron chi connectivity index (χ4n) is 3.04. The second-order valence-corrected chi connectivity index (χ2v) is 6.67. The lowest BCUT2D eigenvalue weighted by Gasteiger charge is -2.34. The molecule has 1 saturated heterocycles. The maximum Gasteiger partial charge on any atom is 0.191 e. The number of guanidine groups is 1. The van der Waals surface area contributed by atoms with Gasteiger partial charge >= 0.3 is 0 Å². The van der Waals surface area contributed by atoms with E-state index in [2.05, 4.69) is 46.2 Å². The predicted octanol–water partition coefficient (Wildman–Crippen LogP) is 2.15. The lowest BCUT2D eigenvalue weighted by molar-refractivity contribution is 0.139. The van der Waals surface area contributed by atoms with Crippen LogP contribution >= 0.6 is 0 Å². The number of aliphatic imine (C=N–C) groups is 1. The number of hydrogen-bond donors (Lipinski definition) is 2. The summed E-state index contributed by atoms with van der Waals surface area (Å²) in [6, 6.07) is 0.492. The zero-order chi connectivity index (χ0) is 16.9. The summed E-state index contributed by atoms with van der Waals surface area (Å²) in [5.41, 5.74) is 0. The van der Waals surface area contributed by atoms with Crippen LogP contribution in [0.15, 0.2) is 4.99 Å². The molecule has 0 aromatic rings. The Bertz CT molecular complexity index is 311. The van der Waals surface area contributed by atoms with Crippen molar-refractivity contribution in [1.82, 2.24) is 20.4 Å². The van der Waals surface area contributed by atoms with Gasteiger partial charge in [0.2, 0.25) is 0 Å². The molecule has 1 unspecified atom stereocenters. The average molecular weight is 326 g/mol. The van der Waals surface area contributed by atoms with Crippen LogP contribution in [0.5, 0.6) is 0 Å². The smallest absolute Gasteiger partial charge is 0.191 e. The number of rotatable bonds is 10. The van der Waals surface area contributed by atoms with E-state index in [1.165, 1.54) is 64.8 Å². The summed E-state index contributed by atoms with van der Waals surface area (Å²) < 4.78 is 0. The second kappa shape index (κ2) is 12.6. The molecule has 0 aromatic heterocycles. The highest BCUT2D eigenvalue weighted by atomic mass is 15.3. The van der Waals surface area contributed by atoms with E-state index in [0.29, 0.717) is 6.04 Å². The molecular weight excluding hydrogens is 286 g/mol. The molecule has 136 valence electrons. The number of hydrogen-bond acceptors (Lipinski definition) is 3. The summed E-state index contributed by atoms with van der Waals surface area (Å²) in [7, 11) is 1.86. The van der Waals surface area contributed by atoms with Gasteiger partial charge in [-0.05, 0) is 19.9 Å². The van der Waals surface area contributed by atoms with Crippen LogP contribution in [0, 0.1) is 0 Å². The Morgan fingerprint density at radius 3 is 2.35 bits per heavy atom. The Hall–Kier alpha value is -0.810. The van der Waals surface area contributed by atoms with Crippen molar-refractivity contribution in [2.24, 2.45) is 4.99 Å². The van der Waals surface area contributed by atoms with Crippen LogP contribution in [0.4, 0.5) is 0 Å². The first-order valence-electron chi connectivity index (χ1n) is 9.61. The first kappa shape index (κ1) is 20.2. The SMILES string of the molecule is CCCCCCC(C)NC(=NC)NCCN1CCN(CC)CC1. The van der Waals surface area contributed by atoms with Crippen molar-refractivity contribution in [1.29, 1.82) is 0 Å². The quantitative estimate of drug-likeness (QED) is 0.367. The Kier molecular flexibility index (Phi) is 11.1. The van der Waals surface area contributed by atoms with Gasteiger partial charge in [-0.3, -0.25) is 9.89 Å². The van der Waals surface area contributed by atoms with Crippen molar-refractivity contribution in [3.63, 3.8) is 0 Å². The van der Waals surface area contributed by atoms with Crippen LogP contribution < -0.4 is 10.6 Å². The van der Waals surface area contributed by atoms with Crippen LogP contribution in [-0.4, -0.2) is 74.7 Å². The van der Waals surface area contributed by atoms with Gasteiger partial charge in [0.15, 0.2) is 5.96 Å². The standard InChI is InChI=1S/C18H39N5/c1-5-7-8-9-10-17(3)21-18(19-4)20-11-12-23-15-13-22(6-2)14-16-23/h17H,5-16H2,1-4H3,(H2,19,20,21). The van der Waals surface area contributed by atoms with Gasteiger partial charge in [0.25, 0.3) is 0 Å². The molecule has 1 aliphatic rings. The van der Waals surface area contributed by atoms with E-state index in [1.54, 1.807) is 0 Å². The summed E-state index contributed by atoms with van der Waals surface area (Å²) in [5, 5.41) is 6.97. The average Bonchev–Trinajstić information content (AvgIpc) is 2.58. The van der Waals surface area contributed by atoms with E-state index in [1.807, 2.05) is 7.05 Å². The number of nitrogens with zero attached hydrogens (tertiary/aromatic N) is 3. The van der Waals surface area contributed by atoms with E-state index in [9.17, 15) is 0 Å². The van der Waals surface area contributed by atoms with Crippen molar-refractivity contribution in [2.45, 2.75) is 58.9 Å². The number of piperazine rings is 1. The summed E-state index contributed by atoms with van der Waals surface area (Å²) in [6.07, 6.45) is 6.53. The Morgan fingerprint density at radius 2 is 1.74 bits per heavy atom. The molecule has 0 saturated carbocycles. The Morgan fingerprint density at radius 1 is 1.04 bits per heavy atom. The van der Waals surface area contributed by atoms with Gasteiger partial charge < -0.3 is 15.5 Å². The zero-order valence-corrected chi connectivity index (χ0v) is 15.9. The van der Waals surface area contributed by atoms with Crippen molar-refractivity contribution in [3.05, 3.63) is 0 Å². The molecule has 0 aliphatic carbocycles. The molecule has 0 aromatic carbocycles. The van der Waals surface area contributed by atoms with Crippen LogP contribution in [-0.2, 0) is 0 Å². The minimum Gasteiger partial charge on any atom is -0.355 e. The summed E-state index contributed by atoms with van der Waals surface area (Å²) >= 11 is 0. The molecule has 1 atom stereocenters. The second-order valence-electron chi connectivity index (χ2n) is 6.67. The van der Waals surface area contributed by atoms with E-state index in [0.717, 1.165) is 19.0 Å². The van der Waals surface area contributed by atoms with Crippen LogP contribution in [0.3, 0.4) is 0 Å². The van der Waals surface area contributed by atoms with E-state index in [4.69, 9.17) is 0 Å². The Balaban J connectivity index is 2.11.